The zero-order valence-corrected chi connectivity index (χ0v) is 19.6. The second-order valence-corrected chi connectivity index (χ2v) is 8.62. The van der Waals surface area contributed by atoms with E-state index in [1.807, 2.05) is 30.3 Å². The van der Waals surface area contributed by atoms with E-state index >= 15 is 0 Å². The lowest BCUT2D eigenvalue weighted by molar-refractivity contribution is -0.143. The maximum Gasteiger partial charge on any atom is 0.263 e. The summed E-state index contributed by atoms with van der Waals surface area (Å²) in [5, 5.41) is 1.83. The van der Waals surface area contributed by atoms with Gasteiger partial charge in [-0.05, 0) is 36.8 Å². The van der Waals surface area contributed by atoms with Gasteiger partial charge in [-0.2, -0.15) is 0 Å². The van der Waals surface area contributed by atoms with Gasteiger partial charge in [0.1, 0.15) is 10.9 Å². The number of aromatic nitrogens is 1. The number of carbonyl (C=O) groups is 2. The quantitative estimate of drug-likeness (QED) is 0.556. The van der Waals surface area contributed by atoms with Gasteiger partial charge < -0.3 is 20.3 Å². The van der Waals surface area contributed by atoms with Crippen molar-refractivity contribution in [1.82, 2.24) is 14.8 Å². The lowest BCUT2D eigenvalue weighted by Gasteiger charge is -2.35. The number of halogens is 2. The predicted octanol–water partition coefficient (Wildman–Crippen LogP) is 3.61. The Morgan fingerprint density at radius 2 is 1.73 bits per heavy atom. The molecule has 1 saturated heterocycles. The summed E-state index contributed by atoms with van der Waals surface area (Å²) in [7, 11) is 0. The van der Waals surface area contributed by atoms with E-state index in [4.69, 9.17) is 33.7 Å². The monoisotopic (exact) mass is 486 g/mol. The molecule has 172 valence electrons. The number of benzene rings is 2. The first-order chi connectivity index (χ1) is 15.9. The summed E-state index contributed by atoms with van der Waals surface area (Å²) in [6.45, 7) is 3.54. The van der Waals surface area contributed by atoms with E-state index in [0.29, 0.717) is 47.6 Å². The van der Waals surface area contributed by atoms with E-state index in [2.05, 4.69) is 4.98 Å². The van der Waals surface area contributed by atoms with E-state index in [1.165, 1.54) is 0 Å². The molecule has 0 bridgehead atoms. The van der Waals surface area contributed by atoms with E-state index in [-0.39, 0.29) is 18.4 Å². The number of pyridine rings is 1. The van der Waals surface area contributed by atoms with Crippen molar-refractivity contribution in [2.45, 2.75) is 13.0 Å². The van der Waals surface area contributed by atoms with Crippen molar-refractivity contribution in [3.63, 3.8) is 0 Å². The number of hydrogen-bond donors (Lipinski definition) is 1. The predicted molar refractivity (Wildman–Crippen MR) is 130 cm³/mol. The van der Waals surface area contributed by atoms with Crippen molar-refractivity contribution in [2.75, 3.05) is 32.7 Å². The molecular weight excluding hydrogens is 463 g/mol. The Kier molecular flexibility index (Phi) is 7.02. The molecule has 0 radical (unpaired) electrons. The van der Waals surface area contributed by atoms with Gasteiger partial charge in [0.2, 0.25) is 5.91 Å². The van der Waals surface area contributed by atoms with Gasteiger partial charge in [-0.1, -0.05) is 41.4 Å². The van der Waals surface area contributed by atoms with Gasteiger partial charge in [-0.15, -0.1) is 0 Å². The maximum atomic E-state index is 12.9. The van der Waals surface area contributed by atoms with Crippen LogP contribution in [0, 0.1) is 0 Å². The van der Waals surface area contributed by atoms with E-state index < -0.39 is 6.10 Å². The highest BCUT2D eigenvalue weighted by atomic mass is 35.5. The van der Waals surface area contributed by atoms with Gasteiger partial charge in [0.05, 0.1) is 12.1 Å². The summed E-state index contributed by atoms with van der Waals surface area (Å²) in [6, 6.07) is 14.8. The van der Waals surface area contributed by atoms with Gasteiger partial charge in [0.15, 0.2) is 6.10 Å². The highest BCUT2D eigenvalue weighted by Gasteiger charge is 2.27. The molecule has 1 atom stereocenters. The number of ether oxygens (including phenoxy) is 1. The minimum Gasteiger partial charge on any atom is -0.481 e. The Labute approximate surface area is 202 Å². The van der Waals surface area contributed by atoms with Crippen LogP contribution in [-0.4, -0.2) is 65.4 Å². The average Bonchev–Trinajstić information content (AvgIpc) is 2.82. The first-order valence-electron chi connectivity index (χ1n) is 10.7. The molecule has 7 nitrogen and oxygen atoms in total. The van der Waals surface area contributed by atoms with E-state index in [9.17, 15) is 9.59 Å². The van der Waals surface area contributed by atoms with Crippen molar-refractivity contribution >= 4 is 45.9 Å². The third kappa shape index (κ3) is 5.05. The number of nitrogens with two attached hydrogens (primary N) is 1. The van der Waals surface area contributed by atoms with E-state index in [0.717, 1.165) is 16.5 Å². The molecule has 1 aliphatic rings. The Balaban J connectivity index is 1.51. The van der Waals surface area contributed by atoms with Gasteiger partial charge in [-0.25, -0.2) is 4.98 Å². The van der Waals surface area contributed by atoms with E-state index in [1.54, 1.807) is 34.9 Å². The SMILES string of the molecule is CC(Oc1ccc2c(-c3ccccc3Cl)cc(Cl)nc2c1)C(=O)N1CCN(C(=O)CN)CC1. The maximum absolute atomic E-state index is 12.9. The molecule has 0 spiro atoms. The number of amides is 2. The molecule has 2 aromatic carbocycles. The number of carbonyl (C=O) groups excluding carboxylic acids is 2. The lowest BCUT2D eigenvalue weighted by atomic mass is 10.0. The smallest absolute Gasteiger partial charge is 0.263 e. The molecule has 4 rings (SSSR count). The molecule has 3 aromatic rings. The Morgan fingerprint density at radius 3 is 2.42 bits per heavy atom. The summed E-state index contributed by atoms with van der Waals surface area (Å²) < 4.78 is 5.94. The van der Waals surface area contributed by atoms with Gasteiger partial charge in [-0.3, -0.25) is 9.59 Å². The molecule has 33 heavy (non-hydrogen) atoms. The van der Waals surface area contributed by atoms with Crippen molar-refractivity contribution in [2.24, 2.45) is 5.73 Å². The number of rotatable bonds is 5. The van der Waals surface area contributed by atoms with Crippen molar-refractivity contribution in [3.8, 4) is 16.9 Å². The molecule has 2 N–H and O–H groups in total. The average molecular weight is 487 g/mol. The van der Waals surface area contributed by atoms with Crippen LogP contribution in [0.15, 0.2) is 48.5 Å². The van der Waals surface area contributed by atoms with Crippen LogP contribution < -0.4 is 10.5 Å². The second-order valence-electron chi connectivity index (χ2n) is 7.82. The first kappa shape index (κ1) is 23.3. The number of hydrogen-bond acceptors (Lipinski definition) is 5. The van der Waals surface area contributed by atoms with Crippen LogP contribution >= 0.6 is 23.2 Å². The molecule has 2 amide bonds. The van der Waals surface area contributed by atoms with Crippen molar-refractivity contribution in [3.05, 3.63) is 58.7 Å². The first-order valence-corrected chi connectivity index (χ1v) is 11.4. The van der Waals surface area contributed by atoms with Gasteiger partial charge in [0.25, 0.3) is 5.91 Å². The van der Waals surface area contributed by atoms with Crippen LogP contribution in [0.3, 0.4) is 0 Å². The number of piperazine rings is 1. The summed E-state index contributed by atoms with van der Waals surface area (Å²) in [4.78, 5) is 32.4. The summed E-state index contributed by atoms with van der Waals surface area (Å²) >= 11 is 12.7. The minimum atomic E-state index is -0.693. The fraction of sp³-hybridized carbons (Fsp3) is 0.292. The third-order valence-electron chi connectivity index (χ3n) is 5.69. The van der Waals surface area contributed by atoms with Crippen LogP contribution in [0.4, 0.5) is 0 Å². The Bertz CT molecular complexity index is 1200. The molecule has 1 aromatic heterocycles. The molecular formula is C24H24Cl2N4O3. The van der Waals surface area contributed by atoms with Crippen LogP contribution in [-0.2, 0) is 9.59 Å². The van der Waals surface area contributed by atoms with Crippen LogP contribution in [0.25, 0.3) is 22.0 Å². The standard InChI is InChI=1S/C24H24Cl2N4O3/c1-15(24(32)30-10-8-29(9-11-30)23(31)14-27)33-16-6-7-18-19(13-22(26)28-21(18)12-16)17-4-2-3-5-20(17)25/h2-7,12-13,15H,8-11,14,27H2,1H3. The van der Waals surface area contributed by atoms with Crippen molar-refractivity contribution < 1.29 is 14.3 Å². The fourth-order valence-electron chi connectivity index (χ4n) is 3.97. The zero-order chi connectivity index (χ0) is 23.5. The zero-order valence-electron chi connectivity index (χ0n) is 18.1. The van der Waals surface area contributed by atoms with Gasteiger partial charge >= 0.3 is 0 Å². The minimum absolute atomic E-state index is 0.0222. The molecule has 0 saturated carbocycles. The second kappa shape index (κ2) is 9.95. The normalized spacial score (nSPS) is 14.9. The molecule has 0 aliphatic carbocycles. The number of fused-ring (bicyclic) bond motifs is 1. The Morgan fingerprint density at radius 1 is 1.03 bits per heavy atom. The fourth-order valence-corrected chi connectivity index (χ4v) is 4.41. The number of nitrogens with zero attached hydrogens (tertiary/aromatic N) is 3. The van der Waals surface area contributed by atoms with Gasteiger partial charge in [0, 0.05) is 48.2 Å². The third-order valence-corrected chi connectivity index (χ3v) is 6.22. The molecule has 1 unspecified atom stereocenters. The highest BCUT2D eigenvalue weighted by molar-refractivity contribution is 6.34. The molecule has 1 aliphatic heterocycles. The highest BCUT2D eigenvalue weighted by Crippen LogP contribution is 2.35. The Hall–Kier alpha value is -2.87. The lowest BCUT2D eigenvalue weighted by Crippen LogP contribution is -2.54. The summed E-state index contributed by atoms with van der Waals surface area (Å²) in [5.41, 5.74) is 7.79. The van der Waals surface area contributed by atoms with Crippen LogP contribution in [0.1, 0.15) is 6.92 Å². The molecule has 1 fully saturated rings. The topological polar surface area (TPSA) is 88.8 Å². The van der Waals surface area contributed by atoms with Crippen LogP contribution in [0.5, 0.6) is 5.75 Å². The largest absolute Gasteiger partial charge is 0.481 e. The van der Waals surface area contributed by atoms with Crippen molar-refractivity contribution in [1.29, 1.82) is 0 Å². The molecule has 9 heteroatoms. The summed E-state index contributed by atoms with van der Waals surface area (Å²) in [5.74, 6) is 0.274. The summed E-state index contributed by atoms with van der Waals surface area (Å²) in [6.07, 6.45) is -0.693. The molecule has 2 heterocycles. The van der Waals surface area contributed by atoms with Crippen LogP contribution in [0.2, 0.25) is 10.2 Å².